The lowest BCUT2D eigenvalue weighted by molar-refractivity contribution is -0.150. The first-order valence-corrected chi connectivity index (χ1v) is 5.53. The zero-order valence-corrected chi connectivity index (χ0v) is 8.84. The average molecular weight is 268 g/mol. The number of halogens is 1. The fourth-order valence-electron chi connectivity index (χ4n) is 1.22. The van der Waals surface area contributed by atoms with E-state index in [0.717, 1.165) is 23.7 Å². The average Bonchev–Trinajstić information content (AvgIpc) is 2.15. The van der Waals surface area contributed by atoms with Gasteiger partial charge in [-0.25, -0.2) is 0 Å². The maximum Gasteiger partial charge on any atom is 0.308 e. The molecule has 0 aromatic rings. The quantitative estimate of drug-likeness (QED) is 0.414. The Labute approximate surface area is 80.8 Å². The van der Waals surface area contributed by atoms with Crippen LogP contribution in [-0.2, 0) is 9.53 Å². The van der Waals surface area contributed by atoms with Crippen molar-refractivity contribution in [3.05, 3.63) is 0 Å². The van der Waals surface area contributed by atoms with Gasteiger partial charge in [0.1, 0.15) is 6.10 Å². The van der Waals surface area contributed by atoms with Crippen molar-refractivity contribution < 1.29 is 9.53 Å². The van der Waals surface area contributed by atoms with Crippen molar-refractivity contribution in [1.82, 2.24) is 0 Å². The van der Waals surface area contributed by atoms with Crippen molar-refractivity contribution in [3.8, 4) is 0 Å². The number of cyclic esters (lactones) is 1. The Morgan fingerprint density at radius 3 is 3.00 bits per heavy atom. The molecule has 1 fully saturated rings. The van der Waals surface area contributed by atoms with E-state index in [9.17, 15) is 4.79 Å². The van der Waals surface area contributed by atoms with Crippen LogP contribution in [0.5, 0.6) is 0 Å². The molecule has 0 aliphatic carbocycles. The highest BCUT2D eigenvalue weighted by Crippen LogP contribution is 2.19. The van der Waals surface area contributed by atoms with E-state index in [2.05, 4.69) is 22.6 Å². The Hall–Kier alpha value is 0.200. The number of hydrogen-bond donors (Lipinski definition) is 0. The van der Waals surface area contributed by atoms with Gasteiger partial charge < -0.3 is 4.74 Å². The minimum absolute atomic E-state index is 0.0100. The summed E-state index contributed by atoms with van der Waals surface area (Å²) in [6.07, 6.45) is 3.33. The largest absolute Gasteiger partial charge is 0.461 e. The lowest BCUT2D eigenvalue weighted by Gasteiger charge is -2.11. The summed E-state index contributed by atoms with van der Waals surface area (Å²) in [4.78, 5) is 11.2. The summed E-state index contributed by atoms with van der Waals surface area (Å²) < 4.78 is 6.15. The zero-order valence-electron chi connectivity index (χ0n) is 6.68. The normalized spacial score (nSPS) is 32.7. The summed E-state index contributed by atoms with van der Waals surface area (Å²) in [5, 5.41) is 0. The molecule has 1 saturated heterocycles. The summed E-state index contributed by atoms with van der Waals surface area (Å²) in [6.45, 7) is 1.94. The molecule has 0 radical (unpaired) electrons. The van der Waals surface area contributed by atoms with Gasteiger partial charge in [0, 0.05) is 4.43 Å². The first-order valence-electron chi connectivity index (χ1n) is 4.00. The molecule has 1 rings (SSSR count). The third kappa shape index (κ3) is 2.61. The van der Waals surface area contributed by atoms with Crippen LogP contribution in [-0.4, -0.2) is 16.5 Å². The monoisotopic (exact) mass is 268 g/mol. The molecule has 1 aliphatic rings. The second-order valence-electron chi connectivity index (χ2n) is 3.05. The molecule has 0 unspecified atom stereocenters. The highest BCUT2D eigenvalue weighted by molar-refractivity contribution is 14.1. The molecule has 0 aromatic heterocycles. The van der Waals surface area contributed by atoms with Crippen LogP contribution < -0.4 is 0 Å². The maximum atomic E-state index is 11.2. The minimum atomic E-state index is -0.0100. The number of hydrogen-bond acceptors (Lipinski definition) is 2. The number of carbonyl (C=O) groups excluding carboxylic acids is 1. The van der Waals surface area contributed by atoms with E-state index in [0.29, 0.717) is 0 Å². The number of ether oxygens (including phenoxy) is 1. The summed E-state index contributed by atoms with van der Waals surface area (Å²) in [5.41, 5.74) is 0. The van der Waals surface area contributed by atoms with E-state index >= 15 is 0 Å². The molecule has 1 heterocycles. The first-order chi connectivity index (χ1) is 5.24. The summed E-state index contributed by atoms with van der Waals surface area (Å²) in [7, 11) is 0. The third-order valence-electron chi connectivity index (χ3n) is 2.02. The van der Waals surface area contributed by atoms with Crippen molar-refractivity contribution in [1.29, 1.82) is 0 Å². The van der Waals surface area contributed by atoms with Gasteiger partial charge in [0.15, 0.2) is 0 Å². The molecular weight excluding hydrogens is 255 g/mol. The van der Waals surface area contributed by atoms with Crippen molar-refractivity contribution >= 4 is 28.6 Å². The maximum absolute atomic E-state index is 11.2. The fourth-order valence-corrected chi connectivity index (χ4v) is 1.84. The van der Waals surface area contributed by atoms with Crippen LogP contribution >= 0.6 is 22.6 Å². The predicted molar refractivity (Wildman–Crippen MR) is 51.8 cm³/mol. The Balaban J connectivity index is 2.48. The van der Waals surface area contributed by atoms with Crippen LogP contribution in [0.4, 0.5) is 0 Å². The van der Waals surface area contributed by atoms with E-state index in [-0.39, 0.29) is 18.0 Å². The summed E-state index contributed by atoms with van der Waals surface area (Å²) >= 11 is 2.26. The molecule has 3 heteroatoms. The van der Waals surface area contributed by atoms with Gasteiger partial charge in [-0.1, -0.05) is 29.5 Å². The number of alkyl halides is 1. The topological polar surface area (TPSA) is 26.3 Å². The van der Waals surface area contributed by atoms with E-state index in [1.54, 1.807) is 0 Å². The predicted octanol–water partition coefficient (Wildman–Crippen LogP) is 2.15. The number of esters is 1. The molecule has 64 valence electrons. The molecule has 2 nitrogen and oxygen atoms in total. The number of carbonyl (C=O) groups is 1. The van der Waals surface area contributed by atoms with Gasteiger partial charge in [0.05, 0.1) is 5.92 Å². The smallest absolute Gasteiger partial charge is 0.308 e. The standard InChI is InChI=1S/C8H13IO2/c1-6-3-2-4-7(5-9)11-8(6)10/h6-7H,2-5H2,1H3/t6-,7-/m1/s1. The molecule has 0 N–H and O–H groups in total. The SMILES string of the molecule is C[C@@H]1CCC[C@H](CI)OC1=O. The van der Waals surface area contributed by atoms with Gasteiger partial charge in [-0.3, -0.25) is 4.79 Å². The minimum Gasteiger partial charge on any atom is -0.461 e. The Morgan fingerprint density at radius 1 is 1.64 bits per heavy atom. The summed E-state index contributed by atoms with van der Waals surface area (Å²) in [6, 6.07) is 0. The first kappa shape index (κ1) is 9.29. The Bertz CT molecular complexity index is 147. The van der Waals surface area contributed by atoms with Gasteiger partial charge in [-0.15, -0.1) is 0 Å². The molecule has 11 heavy (non-hydrogen) atoms. The van der Waals surface area contributed by atoms with Gasteiger partial charge in [-0.05, 0) is 19.3 Å². The second kappa shape index (κ2) is 4.28. The molecule has 0 amide bonds. The highest BCUT2D eigenvalue weighted by Gasteiger charge is 2.22. The van der Waals surface area contributed by atoms with Gasteiger partial charge in [-0.2, -0.15) is 0 Å². The lowest BCUT2D eigenvalue weighted by Crippen LogP contribution is -2.19. The molecule has 0 aromatic carbocycles. The van der Waals surface area contributed by atoms with Gasteiger partial charge in [0.25, 0.3) is 0 Å². The van der Waals surface area contributed by atoms with Crippen LogP contribution in [0.2, 0.25) is 0 Å². The molecule has 0 saturated carbocycles. The zero-order chi connectivity index (χ0) is 8.27. The van der Waals surface area contributed by atoms with Crippen molar-refractivity contribution in [2.45, 2.75) is 32.3 Å². The van der Waals surface area contributed by atoms with Crippen LogP contribution in [0, 0.1) is 5.92 Å². The third-order valence-corrected chi connectivity index (χ3v) is 3.00. The van der Waals surface area contributed by atoms with Gasteiger partial charge >= 0.3 is 5.97 Å². The summed E-state index contributed by atoms with van der Waals surface area (Å²) in [5.74, 6) is 0.104. The van der Waals surface area contributed by atoms with Crippen LogP contribution in [0.3, 0.4) is 0 Å². The Morgan fingerprint density at radius 2 is 2.36 bits per heavy atom. The number of rotatable bonds is 1. The van der Waals surface area contributed by atoms with Crippen molar-refractivity contribution in [2.75, 3.05) is 4.43 Å². The van der Waals surface area contributed by atoms with E-state index in [1.165, 1.54) is 0 Å². The second-order valence-corrected chi connectivity index (χ2v) is 3.93. The fraction of sp³-hybridized carbons (Fsp3) is 0.875. The van der Waals surface area contributed by atoms with Crippen LogP contribution in [0.15, 0.2) is 0 Å². The molecule has 2 atom stereocenters. The highest BCUT2D eigenvalue weighted by atomic mass is 127. The molecule has 1 aliphatic heterocycles. The van der Waals surface area contributed by atoms with E-state index < -0.39 is 0 Å². The lowest BCUT2D eigenvalue weighted by atomic mass is 10.1. The Kier molecular flexibility index (Phi) is 3.62. The van der Waals surface area contributed by atoms with E-state index in [4.69, 9.17) is 4.74 Å². The molecular formula is C8H13IO2. The van der Waals surface area contributed by atoms with Crippen molar-refractivity contribution in [3.63, 3.8) is 0 Å². The van der Waals surface area contributed by atoms with Crippen LogP contribution in [0.1, 0.15) is 26.2 Å². The molecule has 0 bridgehead atoms. The van der Waals surface area contributed by atoms with Crippen LogP contribution in [0.25, 0.3) is 0 Å². The van der Waals surface area contributed by atoms with Crippen molar-refractivity contribution in [2.24, 2.45) is 5.92 Å². The van der Waals surface area contributed by atoms with Gasteiger partial charge in [0.2, 0.25) is 0 Å². The molecule has 0 spiro atoms. The van der Waals surface area contributed by atoms with E-state index in [1.807, 2.05) is 6.92 Å².